The minimum absolute atomic E-state index is 0.119. The van der Waals surface area contributed by atoms with E-state index in [9.17, 15) is 18.5 Å². The Balaban J connectivity index is 2.00. The van der Waals surface area contributed by atoms with Gasteiger partial charge in [-0.2, -0.15) is 8.42 Å². The Morgan fingerprint density at radius 3 is 2.33 bits per heavy atom. The fraction of sp³-hybridized carbons (Fsp3) is 0.500. The lowest BCUT2D eigenvalue weighted by atomic mass is 9.84. The van der Waals surface area contributed by atoms with Crippen LogP contribution in [-0.4, -0.2) is 20.1 Å². The minimum Gasteiger partial charge on any atom is -0.662 e. The van der Waals surface area contributed by atoms with Gasteiger partial charge in [-0.05, 0) is 36.5 Å². The molecule has 0 saturated heterocycles. The molecule has 1 aliphatic carbocycles. The average Bonchev–Trinajstić information content (AvgIpc) is 2.48. The Morgan fingerprint density at radius 2 is 1.76 bits per heavy atom. The molecule has 1 saturated carbocycles. The van der Waals surface area contributed by atoms with Gasteiger partial charge in [-0.25, -0.2) is 0 Å². The maximum absolute atomic E-state index is 11.5. The molecule has 0 aliphatic heterocycles. The van der Waals surface area contributed by atoms with Crippen LogP contribution in [0.2, 0.25) is 0 Å². The van der Waals surface area contributed by atoms with Gasteiger partial charge in [0.05, 0.1) is 0 Å². The van der Waals surface area contributed by atoms with Crippen LogP contribution in [0.1, 0.15) is 43.6 Å². The van der Waals surface area contributed by atoms with Crippen LogP contribution in [0, 0.1) is 0 Å². The van der Waals surface area contributed by atoms with Crippen molar-refractivity contribution in [2.75, 3.05) is 5.75 Å². The molecule has 0 bridgehead atoms. The number of rotatable bonds is 5. The Morgan fingerprint density at radius 1 is 1.14 bits per heavy atom. The highest BCUT2D eigenvalue weighted by Crippen LogP contribution is 2.33. The third-order valence-corrected chi connectivity index (χ3v) is 4.60. The van der Waals surface area contributed by atoms with E-state index in [1.165, 1.54) is 24.8 Å². The van der Waals surface area contributed by atoms with Crippen LogP contribution in [0.4, 0.5) is 0 Å². The van der Waals surface area contributed by atoms with Crippen LogP contribution in [0.25, 0.3) is 0 Å². The average molecular weight is 313 g/mol. The summed E-state index contributed by atoms with van der Waals surface area (Å²) in [5.41, 5.74) is 1.17. The molecular weight excluding hydrogens is 296 g/mol. The smallest absolute Gasteiger partial charge is 0.320 e. The quantitative estimate of drug-likeness (QED) is 0.461. The highest BCUT2D eigenvalue weighted by Gasteiger charge is 2.19. The Hall–Kier alpha value is -1.60. The fourth-order valence-corrected chi connectivity index (χ4v) is 3.38. The molecule has 0 unspecified atom stereocenters. The van der Waals surface area contributed by atoms with E-state index >= 15 is 0 Å². The predicted molar refractivity (Wildman–Crippen MR) is 72.8 cm³/mol. The zero-order valence-electron chi connectivity index (χ0n) is 11.5. The number of hydrogen-bond acceptors (Lipinski definition) is 6. The molecule has 2 rings (SSSR count). The first-order chi connectivity index (χ1) is 10.00. The summed E-state index contributed by atoms with van der Waals surface area (Å²) in [6.45, 7) is 0. The van der Waals surface area contributed by atoms with Crippen molar-refractivity contribution in [2.24, 2.45) is 0 Å². The third kappa shape index (κ3) is 4.71. The van der Waals surface area contributed by atoms with Crippen molar-refractivity contribution in [3.05, 3.63) is 29.8 Å². The highest BCUT2D eigenvalue weighted by molar-refractivity contribution is 7.87. The SMILES string of the molecule is O=C(CS(=O)(=O)Oc1ccc(C2CCCCC2)cc1)O[O-]. The Labute approximate surface area is 123 Å². The molecule has 0 spiro atoms. The van der Waals surface area contributed by atoms with E-state index in [4.69, 9.17) is 4.18 Å². The molecule has 7 heteroatoms. The summed E-state index contributed by atoms with van der Waals surface area (Å²) in [6.07, 6.45) is 6.00. The van der Waals surface area contributed by atoms with E-state index < -0.39 is 21.8 Å². The maximum atomic E-state index is 11.5. The largest absolute Gasteiger partial charge is 0.662 e. The van der Waals surface area contributed by atoms with Gasteiger partial charge in [0.25, 0.3) is 0 Å². The molecule has 1 aromatic carbocycles. The van der Waals surface area contributed by atoms with Crippen LogP contribution >= 0.6 is 0 Å². The summed E-state index contributed by atoms with van der Waals surface area (Å²) in [5.74, 6) is -1.86. The molecular formula is C14H17O6S-. The van der Waals surface area contributed by atoms with E-state index in [1.54, 1.807) is 12.1 Å². The van der Waals surface area contributed by atoms with Crippen molar-refractivity contribution >= 4 is 16.1 Å². The van der Waals surface area contributed by atoms with E-state index in [1.807, 2.05) is 12.1 Å². The lowest BCUT2D eigenvalue weighted by molar-refractivity contribution is -0.656. The first-order valence-corrected chi connectivity index (χ1v) is 8.43. The van der Waals surface area contributed by atoms with Crippen molar-refractivity contribution in [1.29, 1.82) is 0 Å². The van der Waals surface area contributed by atoms with Gasteiger partial charge in [-0.3, -0.25) is 4.79 Å². The van der Waals surface area contributed by atoms with Gasteiger partial charge >= 0.3 is 16.1 Å². The second-order valence-electron chi connectivity index (χ2n) is 5.14. The molecule has 6 nitrogen and oxygen atoms in total. The number of carbonyl (C=O) groups excluding carboxylic acids is 1. The van der Waals surface area contributed by atoms with E-state index in [0.717, 1.165) is 12.8 Å². The van der Waals surface area contributed by atoms with Gasteiger partial charge in [0.15, 0.2) is 5.75 Å². The van der Waals surface area contributed by atoms with Gasteiger partial charge < -0.3 is 14.3 Å². The fourth-order valence-electron chi connectivity index (χ4n) is 2.58. The monoisotopic (exact) mass is 313 g/mol. The maximum Gasteiger partial charge on any atom is 0.320 e. The van der Waals surface area contributed by atoms with Gasteiger partial charge in [0.2, 0.25) is 0 Å². The summed E-state index contributed by atoms with van der Waals surface area (Å²) in [7, 11) is -4.16. The molecule has 1 aromatic rings. The molecule has 0 atom stereocenters. The molecule has 0 amide bonds. The molecule has 0 radical (unpaired) electrons. The van der Waals surface area contributed by atoms with Gasteiger partial charge in [-0.15, -0.1) is 0 Å². The first-order valence-electron chi connectivity index (χ1n) is 6.85. The van der Waals surface area contributed by atoms with Crippen LogP contribution < -0.4 is 9.44 Å². The van der Waals surface area contributed by atoms with E-state index in [-0.39, 0.29) is 5.75 Å². The second kappa shape index (κ2) is 6.91. The molecule has 116 valence electrons. The molecule has 0 N–H and O–H groups in total. The zero-order chi connectivity index (χ0) is 15.3. The molecule has 0 aromatic heterocycles. The lowest BCUT2D eigenvalue weighted by Gasteiger charge is -2.22. The van der Waals surface area contributed by atoms with Crippen LogP contribution in [-0.2, 0) is 19.8 Å². The molecule has 1 aliphatic rings. The molecule has 0 heterocycles. The zero-order valence-corrected chi connectivity index (χ0v) is 12.3. The Kier molecular flexibility index (Phi) is 5.19. The number of benzene rings is 1. The van der Waals surface area contributed by atoms with Crippen LogP contribution in [0.3, 0.4) is 0 Å². The lowest BCUT2D eigenvalue weighted by Crippen LogP contribution is -2.26. The predicted octanol–water partition coefficient (Wildman–Crippen LogP) is 1.26. The van der Waals surface area contributed by atoms with Gasteiger partial charge in [0, 0.05) is 0 Å². The number of carbonyl (C=O) groups is 1. The van der Waals surface area contributed by atoms with Crippen molar-refractivity contribution in [3.8, 4) is 5.75 Å². The van der Waals surface area contributed by atoms with E-state index in [2.05, 4.69) is 4.89 Å². The summed E-state index contributed by atoms with van der Waals surface area (Å²) >= 11 is 0. The van der Waals surface area contributed by atoms with E-state index in [0.29, 0.717) is 5.92 Å². The van der Waals surface area contributed by atoms with Crippen molar-refractivity contribution in [1.82, 2.24) is 0 Å². The number of hydrogen-bond donors (Lipinski definition) is 0. The minimum atomic E-state index is -4.16. The first kappa shape index (κ1) is 15.8. The second-order valence-corrected chi connectivity index (χ2v) is 6.72. The summed E-state index contributed by atoms with van der Waals surface area (Å²) in [6, 6.07) is 6.80. The van der Waals surface area contributed by atoms with Crippen molar-refractivity contribution in [2.45, 2.75) is 38.0 Å². The van der Waals surface area contributed by atoms with Crippen LogP contribution in [0.15, 0.2) is 24.3 Å². The topological polar surface area (TPSA) is 92.7 Å². The van der Waals surface area contributed by atoms with Crippen molar-refractivity contribution in [3.63, 3.8) is 0 Å². The highest BCUT2D eigenvalue weighted by atomic mass is 32.2. The van der Waals surface area contributed by atoms with Crippen LogP contribution in [0.5, 0.6) is 5.75 Å². The summed E-state index contributed by atoms with van der Waals surface area (Å²) in [4.78, 5) is 13.8. The normalized spacial score (nSPS) is 16.4. The van der Waals surface area contributed by atoms with Gasteiger partial charge in [-0.1, -0.05) is 31.4 Å². The third-order valence-electron chi connectivity index (χ3n) is 3.57. The molecule has 21 heavy (non-hydrogen) atoms. The summed E-state index contributed by atoms with van der Waals surface area (Å²) < 4.78 is 27.7. The van der Waals surface area contributed by atoms with Crippen molar-refractivity contribution < 1.29 is 27.5 Å². The summed E-state index contributed by atoms with van der Waals surface area (Å²) in [5, 5.41) is 9.81. The Bertz CT molecular complexity index is 572. The standard InChI is InChI=1S/C14H18O6S/c15-14(19-16)10-21(17,18)20-13-8-6-12(7-9-13)11-4-2-1-3-5-11/h6-9,11,16H,1-5,10H2/p-1. The molecule has 1 fully saturated rings. The van der Waals surface area contributed by atoms with Gasteiger partial charge in [0.1, 0.15) is 5.75 Å².